The van der Waals surface area contributed by atoms with E-state index in [2.05, 4.69) is 15.9 Å². The van der Waals surface area contributed by atoms with Crippen LogP contribution in [0.4, 0.5) is 9.18 Å². The van der Waals surface area contributed by atoms with E-state index in [0.717, 1.165) is 5.56 Å². The maximum atomic E-state index is 15.4. The number of likely N-dealkylation sites (tertiary alicyclic amines) is 1. The average molecular weight is 583 g/mol. The van der Waals surface area contributed by atoms with E-state index in [1.54, 1.807) is 41.3 Å². The summed E-state index contributed by atoms with van der Waals surface area (Å²) < 4.78 is 21.6. The minimum Gasteiger partial charge on any atom is -0.445 e. The molecule has 3 aromatic rings. The zero-order valence-electron chi connectivity index (χ0n) is 19.8. The lowest BCUT2D eigenvalue weighted by Crippen LogP contribution is -2.50. The maximum absolute atomic E-state index is 15.4. The number of carbonyl (C=O) groups excluding carboxylic acids is 2. The highest BCUT2D eigenvalue weighted by Crippen LogP contribution is 2.49. The zero-order valence-corrected chi connectivity index (χ0v) is 22.2. The summed E-state index contributed by atoms with van der Waals surface area (Å²) in [6.45, 7) is 0.737. The van der Waals surface area contributed by atoms with Crippen LogP contribution in [0.5, 0.6) is 0 Å². The number of nitrogens with zero attached hydrogens (tertiary/aromatic N) is 2. The first kappa shape index (κ1) is 25.5. The Hall–Kier alpha value is -3.14. The van der Waals surface area contributed by atoms with E-state index in [0.29, 0.717) is 22.1 Å². The molecule has 5 rings (SSSR count). The maximum Gasteiger partial charge on any atom is 0.410 e. The smallest absolute Gasteiger partial charge is 0.410 e. The fourth-order valence-corrected chi connectivity index (χ4v) is 5.73. The highest BCUT2D eigenvalue weighted by molar-refractivity contribution is 9.10. The molecule has 0 aromatic heterocycles. The van der Waals surface area contributed by atoms with Crippen LogP contribution in [0.3, 0.4) is 0 Å². The molecule has 6 nitrogen and oxygen atoms in total. The number of amides is 1. The molecule has 0 radical (unpaired) electrons. The van der Waals surface area contributed by atoms with Gasteiger partial charge in [0.2, 0.25) is 0 Å². The van der Waals surface area contributed by atoms with Crippen molar-refractivity contribution in [2.45, 2.75) is 18.6 Å². The van der Waals surface area contributed by atoms with Crippen LogP contribution < -0.4 is 0 Å². The molecule has 2 heterocycles. The van der Waals surface area contributed by atoms with Gasteiger partial charge in [-0.3, -0.25) is 9.63 Å². The van der Waals surface area contributed by atoms with Crippen LogP contribution in [0.2, 0.25) is 0 Å². The van der Waals surface area contributed by atoms with Gasteiger partial charge in [0.15, 0.2) is 5.78 Å². The highest BCUT2D eigenvalue weighted by atomic mass is 79.9. The van der Waals surface area contributed by atoms with E-state index < -0.39 is 17.4 Å². The zero-order chi connectivity index (χ0) is 26.0. The van der Waals surface area contributed by atoms with E-state index in [1.807, 2.05) is 36.4 Å². The number of halogens is 2. The first-order chi connectivity index (χ1) is 17.9. The lowest BCUT2D eigenvalue weighted by atomic mass is 9.81. The van der Waals surface area contributed by atoms with Crippen LogP contribution in [0.15, 0.2) is 83.3 Å². The molecule has 1 amide bonds. The van der Waals surface area contributed by atoms with Crippen molar-refractivity contribution in [1.29, 1.82) is 0 Å². The second-order valence-corrected chi connectivity index (χ2v) is 10.5. The second kappa shape index (κ2) is 10.7. The standard InChI is InChI=1S/C28H24BrFN2O4S/c29-22-11-12-24(30)23(13-22)28-18-31(27(34)35-16-19-7-3-1-4-8-19)15-21(28)17-36-32(28)26(37)14-25(33)20-9-5-2-6-10-20/h1-13,21H,14-18H2. The Labute approximate surface area is 228 Å². The number of thiocarbonyl (C=S) groups is 1. The fourth-order valence-electron chi connectivity index (χ4n) is 5.03. The predicted molar refractivity (Wildman–Crippen MR) is 143 cm³/mol. The molecule has 0 saturated carbocycles. The SMILES string of the molecule is O=C(CC(=S)N1OCC2CN(C(=O)OCc3ccccc3)CC21c1cc(Br)ccc1F)c1ccccc1. The Kier molecular flexibility index (Phi) is 7.37. The van der Waals surface area contributed by atoms with Gasteiger partial charge in [-0.05, 0) is 23.8 Å². The molecule has 0 spiro atoms. The van der Waals surface area contributed by atoms with Gasteiger partial charge in [0.1, 0.15) is 23.0 Å². The average Bonchev–Trinajstić information content (AvgIpc) is 3.46. The van der Waals surface area contributed by atoms with Gasteiger partial charge in [-0.2, -0.15) is 0 Å². The molecule has 2 fully saturated rings. The molecule has 2 aliphatic rings. The van der Waals surface area contributed by atoms with Crippen LogP contribution >= 0.6 is 28.1 Å². The lowest BCUT2D eigenvalue weighted by molar-refractivity contribution is -0.104. The third-order valence-corrected chi connectivity index (χ3v) is 7.61. The minimum atomic E-state index is -1.10. The van der Waals surface area contributed by atoms with E-state index in [1.165, 1.54) is 11.1 Å². The lowest BCUT2D eigenvalue weighted by Gasteiger charge is -2.38. The van der Waals surface area contributed by atoms with Crippen LogP contribution in [-0.4, -0.2) is 46.5 Å². The van der Waals surface area contributed by atoms with E-state index in [9.17, 15) is 9.59 Å². The van der Waals surface area contributed by atoms with Crippen molar-refractivity contribution in [1.82, 2.24) is 9.96 Å². The Morgan fingerprint density at radius 1 is 1.08 bits per heavy atom. The third kappa shape index (κ3) is 5.03. The van der Waals surface area contributed by atoms with Crippen molar-refractivity contribution in [2.24, 2.45) is 5.92 Å². The quantitative estimate of drug-likeness (QED) is 0.266. The number of carbonyl (C=O) groups is 2. The molecule has 2 aliphatic heterocycles. The number of ketones is 1. The van der Waals surface area contributed by atoms with Gasteiger partial charge in [-0.15, -0.1) is 0 Å². The molecule has 2 atom stereocenters. The van der Waals surface area contributed by atoms with Gasteiger partial charge in [-0.1, -0.05) is 88.8 Å². The van der Waals surface area contributed by atoms with E-state index in [-0.39, 0.29) is 42.9 Å². The van der Waals surface area contributed by atoms with E-state index >= 15 is 4.39 Å². The first-order valence-electron chi connectivity index (χ1n) is 11.8. The molecule has 0 bridgehead atoms. The molecule has 3 aromatic carbocycles. The molecule has 2 saturated heterocycles. The van der Waals surface area contributed by atoms with E-state index in [4.69, 9.17) is 21.8 Å². The van der Waals surface area contributed by atoms with Crippen LogP contribution in [0.1, 0.15) is 27.9 Å². The number of ether oxygens (including phenoxy) is 1. The predicted octanol–water partition coefficient (Wildman–Crippen LogP) is 5.90. The van der Waals surface area contributed by atoms with Gasteiger partial charge in [0.05, 0.1) is 19.6 Å². The first-order valence-corrected chi connectivity index (χ1v) is 13.0. The van der Waals surface area contributed by atoms with Crippen LogP contribution in [0, 0.1) is 11.7 Å². The van der Waals surface area contributed by atoms with Gasteiger partial charge in [0.25, 0.3) is 0 Å². The van der Waals surface area contributed by atoms with Crippen molar-refractivity contribution in [3.63, 3.8) is 0 Å². The topological polar surface area (TPSA) is 59.1 Å². The second-order valence-electron chi connectivity index (χ2n) is 9.12. The monoisotopic (exact) mass is 582 g/mol. The summed E-state index contributed by atoms with van der Waals surface area (Å²) in [5.74, 6) is -0.898. The highest BCUT2D eigenvalue weighted by Gasteiger charge is 2.60. The summed E-state index contributed by atoms with van der Waals surface area (Å²) in [6.07, 6.45) is -0.582. The van der Waals surface area contributed by atoms with Crippen molar-refractivity contribution < 1.29 is 23.6 Å². The number of Topliss-reactive ketones (excluding diaryl/α,β-unsaturated/α-hetero) is 1. The summed E-state index contributed by atoms with van der Waals surface area (Å²) in [5.41, 5.74) is 0.639. The largest absolute Gasteiger partial charge is 0.445 e. The number of fused-ring (bicyclic) bond motifs is 1. The molecule has 2 unspecified atom stereocenters. The number of benzene rings is 3. The van der Waals surface area contributed by atoms with Crippen molar-refractivity contribution in [3.05, 3.63) is 106 Å². The number of hydroxylamine groups is 2. The summed E-state index contributed by atoms with van der Waals surface area (Å²) in [4.78, 5) is 33.8. The van der Waals surface area contributed by atoms with Gasteiger partial charge in [-0.25, -0.2) is 14.2 Å². The van der Waals surface area contributed by atoms with Crippen LogP contribution in [-0.2, 0) is 21.7 Å². The third-order valence-electron chi connectivity index (χ3n) is 6.81. The van der Waals surface area contributed by atoms with Crippen molar-refractivity contribution in [2.75, 3.05) is 19.7 Å². The Bertz CT molecular complexity index is 1330. The molecule has 9 heteroatoms. The van der Waals surface area contributed by atoms with Crippen LogP contribution in [0.25, 0.3) is 0 Å². The molecule has 0 N–H and O–H groups in total. The molecule has 37 heavy (non-hydrogen) atoms. The molecular weight excluding hydrogens is 559 g/mol. The Morgan fingerprint density at radius 2 is 1.78 bits per heavy atom. The summed E-state index contributed by atoms with van der Waals surface area (Å²) >= 11 is 9.13. The number of hydrogen-bond acceptors (Lipinski definition) is 5. The summed E-state index contributed by atoms with van der Waals surface area (Å²) in [7, 11) is 0. The van der Waals surface area contributed by atoms with Gasteiger partial charge in [0, 0.05) is 28.1 Å². The normalized spacial score (nSPS) is 20.5. The number of hydrogen-bond donors (Lipinski definition) is 0. The fraction of sp³-hybridized carbons (Fsp3) is 0.250. The Balaban J connectivity index is 1.42. The summed E-state index contributed by atoms with van der Waals surface area (Å²) in [5, 5.41) is 1.48. The Morgan fingerprint density at radius 3 is 2.51 bits per heavy atom. The number of rotatable bonds is 6. The molecule has 190 valence electrons. The molecular formula is C28H24BrFN2O4S. The van der Waals surface area contributed by atoms with Gasteiger partial charge >= 0.3 is 6.09 Å². The summed E-state index contributed by atoms with van der Waals surface area (Å²) in [6, 6.07) is 22.9. The molecule has 0 aliphatic carbocycles. The minimum absolute atomic E-state index is 0.0815. The van der Waals surface area contributed by atoms with Crippen molar-refractivity contribution in [3.8, 4) is 0 Å². The van der Waals surface area contributed by atoms with Crippen molar-refractivity contribution >= 4 is 45.0 Å². The van der Waals surface area contributed by atoms with Gasteiger partial charge < -0.3 is 9.64 Å².